The summed E-state index contributed by atoms with van der Waals surface area (Å²) in [6.07, 6.45) is 0. The average molecular weight is 706 g/mol. The van der Waals surface area contributed by atoms with E-state index in [0.29, 0.717) is 0 Å². The van der Waals surface area contributed by atoms with Crippen LogP contribution < -0.4 is 25.6 Å². The Morgan fingerprint density at radius 1 is 0.278 bits per heavy atom. The quantitative estimate of drug-likeness (QED) is 0.107. The molecule has 0 N–H and O–H groups in total. The normalized spacial score (nSPS) is 11.3. The van der Waals surface area contributed by atoms with Crippen LogP contribution in [0, 0.1) is 0 Å². The Balaban J connectivity index is 1.36. The van der Waals surface area contributed by atoms with Crippen molar-refractivity contribution in [3.63, 3.8) is 0 Å². The van der Waals surface area contributed by atoms with Crippen LogP contribution in [0.15, 0.2) is 237 Å². The van der Waals surface area contributed by atoms with Gasteiger partial charge in [-0.05, 0) is 66.9 Å². The molecule has 2 heteroatoms. The van der Waals surface area contributed by atoms with Crippen LogP contribution in [0.5, 0.6) is 0 Å². The Labute approximate surface area is 319 Å². The van der Waals surface area contributed by atoms with Gasteiger partial charge in [0.2, 0.25) is 0 Å². The molecule has 0 aliphatic carbocycles. The van der Waals surface area contributed by atoms with Crippen LogP contribution in [0.1, 0.15) is 0 Å². The Bertz CT molecular complexity index is 2540. The molecule has 0 saturated carbocycles. The van der Waals surface area contributed by atoms with Crippen molar-refractivity contribution in [2.75, 3.05) is 4.90 Å². The fourth-order valence-corrected chi connectivity index (χ4v) is 12.9. The fraction of sp³-hybridized carbons (Fsp3) is 0. The van der Waals surface area contributed by atoms with E-state index in [2.05, 4.69) is 241 Å². The van der Waals surface area contributed by atoms with Gasteiger partial charge in [-0.25, -0.2) is 0 Å². The van der Waals surface area contributed by atoms with Gasteiger partial charge in [0.1, 0.15) is 0 Å². The van der Waals surface area contributed by atoms with Crippen molar-refractivity contribution in [3.05, 3.63) is 237 Å². The molecule has 0 fully saturated rings. The summed E-state index contributed by atoms with van der Waals surface area (Å²) < 4.78 is 0. The Morgan fingerprint density at radius 2 is 0.704 bits per heavy atom. The van der Waals surface area contributed by atoms with Crippen LogP contribution >= 0.6 is 0 Å². The van der Waals surface area contributed by atoms with Gasteiger partial charge < -0.3 is 4.90 Å². The lowest BCUT2D eigenvalue weighted by molar-refractivity contribution is 1.29. The summed E-state index contributed by atoms with van der Waals surface area (Å²) in [5, 5.41) is 7.89. The zero-order chi connectivity index (χ0) is 36.2. The van der Waals surface area contributed by atoms with Crippen molar-refractivity contribution in [1.82, 2.24) is 0 Å². The molecule has 54 heavy (non-hydrogen) atoms. The smallest absolute Gasteiger partial charge is 0.179 e. The minimum atomic E-state index is -2.88. The number of fused-ring (bicyclic) bond motifs is 1. The standard InChI is InChI=1S/C52H39NSi/c1-6-21-41(22-7-1)50-34-19-35-51(42-23-8-2-9-24-42)52(50)53(44-26-10-3-11-27-44)45-28-18-33-48(39-45)54(46-29-12-4-13-30-46,47-31-14-5-15-32-47)49-37-36-40-20-16-17-25-43(40)38-49/h1-39H. The van der Waals surface area contributed by atoms with E-state index < -0.39 is 8.07 Å². The van der Waals surface area contributed by atoms with Gasteiger partial charge in [-0.3, -0.25) is 0 Å². The van der Waals surface area contributed by atoms with Crippen LogP contribution in [0.3, 0.4) is 0 Å². The first-order chi connectivity index (χ1) is 26.8. The van der Waals surface area contributed by atoms with Gasteiger partial charge in [0.25, 0.3) is 0 Å². The summed E-state index contributed by atoms with van der Waals surface area (Å²) in [6, 6.07) is 86.8. The summed E-state index contributed by atoms with van der Waals surface area (Å²) in [5.41, 5.74) is 8.07. The minimum absolute atomic E-state index is 1.10. The topological polar surface area (TPSA) is 3.24 Å². The summed E-state index contributed by atoms with van der Waals surface area (Å²) >= 11 is 0. The maximum absolute atomic E-state index is 2.88. The first-order valence-corrected chi connectivity index (χ1v) is 20.6. The molecule has 0 heterocycles. The zero-order valence-corrected chi connectivity index (χ0v) is 31.0. The molecule has 0 aliphatic rings. The second kappa shape index (κ2) is 14.7. The van der Waals surface area contributed by atoms with Crippen LogP contribution in [-0.2, 0) is 0 Å². The largest absolute Gasteiger partial charge is 0.309 e. The highest BCUT2D eigenvalue weighted by molar-refractivity contribution is 7.20. The van der Waals surface area contributed by atoms with Crippen molar-refractivity contribution in [3.8, 4) is 22.3 Å². The molecule has 1 nitrogen and oxygen atoms in total. The van der Waals surface area contributed by atoms with Gasteiger partial charge in [-0.15, -0.1) is 0 Å². The molecule has 0 aliphatic heterocycles. The van der Waals surface area contributed by atoms with E-state index in [1.807, 2.05) is 0 Å². The third-order valence-corrected chi connectivity index (χ3v) is 15.3. The third-order valence-electron chi connectivity index (χ3n) is 10.6. The van der Waals surface area contributed by atoms with Crippen molar-refractivity contribution >= 4 is 56.7 Å². The monoisotopic (exact) mass is 705 g/mol. The molecule has 0 bridgehead atoms. The molecule has 9 rings (SSSR count). The molecule has 0 spiro atoms. The van der Waals surface area contributed by atoms with Gasteiger partial charge in [-0.1, -0.05) is 212 Å². The number of hydrogen-bond acceptors (Lipinski definition) is 1. The van der Waals surface area contributed by atoms with Gasteiger partial charge in [0.15, 0.2) is 8.07 Å². The maximum Gasteiger partial charge on any atom is 0.179 e. The molecular formula is C52H39NSi. The van der Waals surface area contributed by atoms with Crippen molar-refractivity contribution in [2.45, 2.75) is 0 Å². The van der Waals surface area contributed by atoms with E-state index in [1.54, 1.807) is 0 Å². The summed E-state index contributed by atoms with van der Waals surface area (Å²) in [6.45, 7) is 0. The molecule has 0 radical (unpaired) electrons. The van der Waals surface area contributed by atoms with Gasteiger partial charge in [0.05, 0.1) is 5.69 Å². The van der Waals surface area contributed by atoms with E-state index in [1.165, 1.54) is 53.8 Å². The van der Waals surface area contributed by atoms with Crippen LogP contribution in [-0.4, -0.2) is 8.07 Å². The lowest BCUT2D eigenvalue weighted by Gasteiger charge is -2.36. The highest BCUT2D eigenvalue weighted by Gasteiger charge is 2.42. The number of hydrogen-bond donors (Lipinski definition) is 0. The van der Waals surface area contributed by atoms with E-state index in [-0.39, 0.29) is 0 Å². The second-order valence-electron chi connectivity index (χ2n) is 13.7. The van der Waals surface area contributed by atoms with E-state index in [0.717, 1.165) is 17.1 Å². The zero-order valence-electron chi connectivity index (χ0n) is 30.0. The van der Waals surface area contributed by atoms with Crippen LogP contribution in [0.4, 0.5) is 17.1 Å². The molecule has 256 valence electrons. The minimum Gasteiger partial charge on any atom is -0.309 e. The Morgan fingerprint density at radius 3 is 1.28 bits per heavy atom. The van der Waals surface area contributed by atoms with E-state index in [4.69, 9.17) is 0 Å². The average Bonchev–Trinajstić information content (AvgIpc) is 3.26. The number of benzene rings is 9. The van der Waals surface area contributed by atoms with Crippen molar-refractivity contribution in [1.29, 1.82) is 0 Å². The fourth-order valence-electron chi connectivity index (χ4n) is 8.15. The van der Waals surface area contributed by atoms with Crippen LogP contribution in [0.25, 0.3) is 33.0 Å². The number of nitrogens with zero attached hydrogens (tertiary/aromatic N) is 1. The number of para-hydroxylation sites is 2. The van der Waals surface area contributed by atoms with Gasteiger partial charge in [0, 0.05) is 22.5 Å². The molecule has 9 aromatic carbocycles. The van der Waals surface area contributed by atoms with E-state index in [9.17, 15) is 0 Å². The van der Waals surface area contributed by atoms with E-state index >= 15 is 0 Å². The first-order valence-electron chi connectivity index (χ1n) is 18.6. The first kappa shape index (κ1) is 33.1. The summed E-state index contributed by atoms with van der Waals surface area (Å²) in [7, 11) is -2.88. The molecule has 0 atom stereocenters. The number of rotatable bonds is 9. The molecule has 0 unspecified atom stereocenters. The molecule has 0 amide bonds. The lowest BCUT2D eigenvalue weighted by Crippen LogP contribution is -2.74. The highest BCUT2D eigenvalue weighted by atomic mass is 28.3. The molecular weight excluding hydrogens is 667 g/mol. The summed E-state index contributed by atoms with van der Waals surface area (Å²) in [4.78, 5) is 2.48. The summed E-state index contributed by atoms with van der Waals surface area (Å²) in [5.74, 6) is 0. The predicted molar refractivity (Wildman–Crippen MR) is 233 cm³/mol. The molecule has 0 saturated heterocycles. The Hall–Kier alpha value is -6.74. The Kier molecular flexibility index (Phi) is 9.02. The molecule has 0 aromatic heterocycles. The SMILES string of the molecule is c1ccc(-c2cccc(-c3ccccc3)c2N(c2ccccc2)c2cccc([Si](c3ccccc3)(c3ccccc3)c3ccc4ccccc4c3)c2)cc1. The van der Waals surface area contributed by atoms with Crippen molar-refractivity contribution in [2.24, 2.45) is 0 Å². The molecule has 9 aromatic rings. The highest BCUT2D eigenvalue weighted by Crippen LogP contribution is 2.46. The predicted octanol–water partition coefficient (Wildman–Crippen LogP) is 11.0. The number of anilines is 3. The van der Waals surface area contributed by atoms with Crippen molar-refractivity contribution < 1.29 is 0 Å². The van der Waals surface area contributed by atoms with Crippen LogP contribution in [0.2, 0.25) is 0 Å². The van der Waals surface area contributed by atoms with Gasteiger partial charge >= 0.3 is 0 Å². The third kappa shape index (κ3) is 6.03. The van der Waals surface area contributed by atoms with Gasteiger partial charge in [-0.2, -0.15) is 0 Å². The maximum atomic E-state index is 2.48. The second-order valence-corrected chi connectivity index (χ2v) is 17.5. The lowest BCUT2D eigenvalue weighted by atomic mass is 9.94.